The zero-order chi connectivity index (χ0) is 14.1. The summed E-state index contributed by atoms with van der Waals surface area (Å²) in [4.78, 5) is 0. The lowest BCUT2D eigenvalue weighted by atomic mass is 9.78. The van der Waals surface area contributed by atoms with Crippen molar-refractivity contribution in [3.63, 3.8) is 0 Å². The molecule has 18 heavy (non-hydrogen) atoms. The first kappa shape index (κ1) is 15.1. The molecule has 0 atom stereocenters. The second-order valence-electron chi connectivity index (χ2n) is 6.76. The van der Waals surface area contributed by atoms with E-state index in [0.717, 1.165) is 16.7 Å². The molecule has 0 aromatic heterocycles. The Labute approximate surface area is 115 Å². The van der Waals surface area contributed by atoms with Crippen LogP contribution in [0.2, 0.25) is 0 Å². The smallest absolute Gasteiger partial charge is 0.123 e. The van der Waals surface area contributed by atoms with E-state index in [4.69, 9.17) is 11.6 Å². The maximum Gasteiger partial charge on any atom is 0.123 e. The Hall–Kier alpha value is -0.950. The lowest BCUT2D eigenvalue weighted by Crippen LogP contribution is -2.17. The molecule has 0 amide bonds. The van der Waals surface area contributed by atoms with Gasteiger partial charge in [-0.05, 0) is 34.6 Å². The molecule has 1 aromatic carbocycles. The van der Waals surface area contributed by atoms with E-state index in [-0.39, 0.29) is 10.8 Å². The maximum atomic E-state index is 10.5. The predicted octanol–water partition coefficient (Wildman–Crippen LogP) is 5.20. The molecule has 1 N–H and O–H groups in total. The molecule has 0 unspecified atom stereocenters. The molecule has 0 fully saturated rings. The Morgan fingerprint density at radius 2 is 1.33 bits per heavy atom. The highest BCUT2D eigenvalue weighted by molar-refractivity contribution is 6.27. The van der Waals surface area contributed by atoms with Crippen LogP contribution in [0.3, 0.4) is 0 Å². The SMILES string of the molecule is CC(C)(C)c1cc(/C=C/Cl)cc(C(C)(C)C)c1O. The van der Waals surface area contributed by atoms with Crippen LogP contribution in [0.25, 0.3) is 6.08 Å². The average Bonchev–Trinajstić information content (AvgIpc) is 2.17. The summed E-state index contributed by atoms with van der Waals surface area (Å²) in [7, 11) is 0. The van der Waals surface area contributed by atoms with Crippen LogP contribution in [0.4, 0.5) is 0 Å². The lowest BCUT2D eigenvalue weighted by molar-refractivity contribution is 0.423. The summed E-state index contributed by atoms with van der Waals surface area (Å²) in [5, 5.41) is 10.5. The molecule has 0 saturated heterocycles. The Balaban J connectivity index is 3.59. The third-order valence-corrected chi connectivity index (χ3v) is 3.13. The van der Waals surface area contributed by atoms with Gasteiger partial charge in [-0.1, -0.05) is 53.1 Å². The molecule has 2 heteroatoms. The summed E-state index contributed by atoms with van der Waals surface area (Å²) in [6, 6.07) is 4.01. The zero-order valence-corrected chi connectivity index (χ0v) is 12.9. The second-order valence-corrected chi connectivity index (χ2v) is 7.01. The molecule has 0 aliphatic carbocycles. The van der Waals surface area contributed by atoms with E-state index in [2.05, 4.69) is 41.5 Å². The van der Waals surface area contributed by atoms with Crippen LogP contribution in [-0.2, 0) is 10.8 Å². The molecule has 1 rings (SSSR count). The number of halogens is 1. The number of phenols is 1. The van der Waals surface area contributed by atoms with Gasteiger partial charge in [0.2, 0.25) is 0 Å². The van der Waals surface area contributed by atoms with Gasteiger partial charge in [0.25, 0.3) is 0 Å². The van der Waals surface area contributed by atoms with Crippen LogP contribution in [0.1, 0.15) is 58.2 Å². The highest BCUT2D eigenvalue weighted by Crippen LogP contribution is 2.39. The number of aromatic hydroxyl groups is 1. The fourth-order valence-electron chi connectivity index (χ4n) is 1.97. The van der Waals surface area contributed by atoms with Crippen LogP contribution in [-0.4, -0.2) is 5.11 Å². The molecule has 1 nitrogen and oxygen atoms in total. The lowest BCUT2D eigenvalue weighted by Gasteiger charge is -2.27. The van der Waals surface area contributed by atoms with E-state index in [9.17, 15) is 5.11 Å². The molecule has 0 radical (unpaired) electrons. The Bertz CT molecular complexity index is 424. The summed E-state index contributed by atoms with van der Waals surface area (Å²) < 4.78 is 0. The number of hydrogen-bond donors (Lipinski definition) is 1. The van der Waals surface area contributed by atoms with Gasteiger partial charge < -0.3 is 5.11 Å². The summed E-state index contributed by atoms with van der Waals surface area (Å²) in [5.74, 6) is 0.404. The van der Waals surface area contributed by atoms with Gasteiger partial charge in [0.1, 0.15) is 5.75 Å². The van der Waals surface area contributed by atoms with Crippen molar-refractivity contribution < 1.29 is 5.11 Å². The molecule has 0 aliphatic rings. The molecule has 0 bridgehead atoms. The van der Waals surface area contributed by atoms with E-state index in [0.29, 0.717) is 5.75 Å². The van der Waals surface area contributed by atoms with Crippen molar-refractivity contribution in [1.82, 2.24) is 0 Å². The fourth-order valence-corrected chi connectivity index (χ4v) is 2.11. The minimum absolute atomic E-state index is 0.0970. The number of phenolic OH excluding ortho intramolecular Hbond substituents is 1. The van der Waals surface area contributed by atoms with Gasteiger partial charge in [-0.25, -0.2) is 0 Å². The van der Waals surface area contributed by atoms with E-state index < -0.39 is 0 Å². The van der Waals surface area contributed by atoms with E-state index in [1.807, 2.05) is 18.2 Å². The Kier molecular flexibility index (Phi) is 4.17. The van der Waals surface area contributed by atoms with Crippen molar-refractivity contribution in [3.05, 3.63) is 34.4 Å². The summed E-state index contributed by atoms with van der Waals surface area (Å²) in [6.07, 6.45) is 1.85. The summed E-state index contributed by atoms with van der Waals surface area (Å²) in [5.41, 5.74) is 4.25. The van der Waals surface area contributed by atoms with E-state index in [1.165, 1.54) is 5.54 Å². The van der Waals surface area contributed by atoms with Crippen LogP contribution < -0.4 is 0 Å². The number of hydrogen-bond acceptors (Lipinski definition) is 1. The molecule has 0 spiro atoms. The Morgan fingerprint density at radius 3 is 1.61 bits per heavy atom. The topological polar surface area (TPSA) is 20.2 Å². The molecule has 0 saturated carbocycles. The predicted molar refractivity (Wildman–Crippen MR) is 80.4 cm³/mol. The second kappa shape index (κ2) is 4.97. The van der Waals surface area contributed by atoms with Crippen LogP contribution in [0.15, 0.2) is 17.7 Å². The normalized spacial score (nSPS) is 13.3. The molecular formula is C16H23ClO. The maximum absolute atomic E-state index is 10.5. The van der Waals surface area contributed by atoms with Gasteiger partial charge >= 0.3 is 0 Å². The first-order chi connectivity index (χ1) is 8.07. The zero-order valence-electron chi connectivity index (χ0n) is 12.1. The van der Waals surface area contributed by atoms with Crippen molar-refractivity contribution in [1.29, 1.82) is 0 Å². The van der Waals surface area contributed by atoms with Crippen molar-refractivity contribution in [2.24, 2.45) is 0 Å². The first-order valence-electron chi connectivity index (χ1n) is 6.22. The summed E-state index contributed by atoms with van der Waals surface area (Å²) in [6.45, 7) is 12.6. The van der Waals surface area contributed by atoms with Gasteiger partial charge in [-0.15, -0.1) is 0 Å². The van der Waals surface area contributed by atoms with Gasteiger partial charge in [-0.3, -0.25) is 0 Å². The Morgan fingerprint density at radius 1 is 0.944 bits per heavy atom. The first-order valence-corrected chi connectivity index (χ1v) is 6.65. The monoisotopic (exact) mass is 266 g/mol. The molecule has 1 aromatic rings. The minimum Gasteiger partial charge on any atom is -0.507 e. The van der Waals surface area contributed by atoms with Gasteiger partial charge in [0, 0.05) is 16.7 Å². The molecular weight excluding hydrogens is 244 g/mol. The quantitative estimate of drug-likeness (QED) is 0.741. The van der Waals surface area contributed by atoms with Gasteiger partial charge in [-0.2, -0.15) is 0 Å². The molecule has 0 aliphatic heterocycles. The minimum atomic E-state index is -0.0970. The van der Waals surface area contributed by atoms with Crippen molar-refractivity contribution in [3.8, 4) is 5.75 Å². The largest absolute Gasteiger partial charge is 0.507 e. The van der Waals surface area contributed by atoms with Crippen molar-refractivity contribution in [2.75, 3.05) is 0 Å². The standard InChI is InChI=1S/C16H23ClO/c1-15(2,3)12-9-11(7-8-17)10-13(14(12)18)16(4,5)6/h7-10,18H,1-6H3/b8-7+. The van der Waals surface area contributed by atoms with Crippen LogP contribution >= 0.6 is 11.6 Å². The van der Waals surface area contributed by atoms with Crippen molar-refractivity contribution in [2.45, 2.75) is 52.4 Å². The molecule has 0 heterocycles. The number of rotatable bonds is 1. The average molecular weight is 267 g/mol. The fraction of sp³-hybridized carbons (Fsp3) is 0.500. The highest BCUT2D eigenvalue weighted by atomic mass is 35.5. The third-order valence-electron chi connectivity index (χ3n) is 3.00. The van der Waals surface area contributed by atoms with Gasteiger partial charge in [0.15, 0.2) is 0 Å². The van der Waals surface area contributed by atoms with Gasteiger partial charge in [0.05, 0.1) is 0 Å². The number of benzene rings is 1. The van der Waals surface area contributed by atoms with E-state index in [1.54, 1.807) is 0 Å². The van der Waals surface area contributed by atoms with Crippen molar-refractivity contribution >= 4 is 17.7 Å². The van der Waals surface area contributed by atoms with E-state index >= 15 is 0 Å². The third kappa shape index (κ3) is 3.29. The summed E-state index contributed by atoms with van der Waals surface area (Å²) >= 11 is 5.67. The highest BCUT2D eigenvalue weighted by Gasteiger charge is 2.25. The molecule has 100 valence electrons. The van der Waals surface area contributed by atoms with Crippen LogP contribution in [0, 0.1) is 0 Å². The van der Waals surface area contributed by atoms with Crippen LogP contribution in [0.5, 0.6) is 5.75 Å².